The summed E-state index contributed by atoms with van der Waals surface area (Å²) < 4.78 is 5.02. The topological polar surface area (TPSA) is 67.6 Å². The first-order chi connectivity index (χ1) is 9.31. The van der Waals surface area contributed by atoms with E-state index in [1.54, 1.807) is 0 Å². The van der Waals surface area contributed by atoms with Crippen LogP contribution in [-0.2, 0) is 5.75 Å². The smallest absolute Gasteiger partial charge is 0.209 e. The number of thioether (sulfide) groups is 1. The quantitative estimate of drug-likeness (QED) is 0.739. The molecule has 2 heterocycles. The lowest BCUT2D eigenvalue weighted by molar-refractivity contribution is 0.393. The lowest BCUT2D eigenvalue weighted by atomic mass is 10.2. The molecule has 96 valence electrons. The van der Waals surface area contributed by atoms with Gasteiger partial charge in [0.1, 0.15) is 5.76 Å². The number of aryl methyl sites for hydroxylation is 1. The molecule has 19 heavy (non-hydrogen) atoms. The third-order valence-electron chi connectivity index (χ3n) is 2.54. The Hall–Kier alpha value is -2.08. The highest BCUT2D eigenvalue weighted by Crippen LogP contribution is 2.21. The van der Waals surface area contributed by atoms with Crippen molar-refractivity contribution in [2.24, 2.45) is 0 Å². The Labute approximate surface area is 114 Å². The van der Waals surface area contributed by atoms with Crippen LogP contribution in [0, 0.1) is 6.92 Å². The van der Waals surface area contributed by atoms with E-state index in [0.717, 1.165) is 22.8 Å². The number of nitrogens with zero attached hydrogens (tertiary/aromatic N) is 3. The predicted molar refractivity (Wildman–Crippen MR) is 72.6 cm³/mol. The van der Waals surface area contributed by atoms with Crippen LogP contribution in [0.15, 0.2) is 46.1 Å². The van der Waals surface area contributed by atoms with Crippen LogP contribution in [0.4, 0.5) is 0 Å². The summed E-state index contributed by atoms with van der Waals surface area (Å²) in [5.74, 6) is 2.29. The molecule has 0 amide bonds. The number of rotatable bonds is 4. The molecule has 0 saturated carbocycles. The molecule has 0 aliphatic carbocycles. The summed E-state index contributed by atoms with van der Waals surface area (Å²) in [6.07, 6.45) is 0. The van der Waals surface area contributed by atoms with E-state index in [4.69, 9.17) is 4.52 Å². The Morgan fingerprint density at radius 3 is 2.84 bits per heavy atom. The molecule has 3 rings (SSSR count). The van der Waals surface area contributed by atoms with Crippen LogP contribution in [0.25, 0.3) is 11.4 Å². The predicted octanol–water partition coefficient (Wildman–Crippen LogP) is 3.06. The van der Waals surface area contributed by atoms with Crippen molar-refractivity contribution in [1.29, 1.82) is 0 Å². The van der Waals surface area contributed by atoms with E-state index in [9.17, 15) is 0 Å². The zero-order chi connectivity index (χ0) is 13.1. The van der Waals surface area contributed by atoms with Crippen LogP contribution in [-0.4, -0.2) is 20.3 Å². The van der Waals surface area contributed by atoms with E-state index in [1.165, 1.54) is 11.8 Å². The van der Waals surface area contributed by atoms with Crippen molar-refractivity contribution < 1.29 is 4.52 Å². The summed E-state index contributed by atoms with van der Waals surface area (Å²) in [7, 11) is 0. The number of aromatic nitrogens is 4. The van der Waals surface area contributed by atoms with Gasteiger partial charge in [-0.2, -0.15) is 0 Å². The van der Waals surface area contributed by atoms with E-state index in [0.29, 0.717) is 10.9 Å². The average Bonchev–Trinajstić information content (AvgIpc) is 3.06. The molecule has 0 aliphatic heterocycles. The standard InChI is InChI=1S/C13H12N4OS/c1-9-7-11(17-18-9)8-19-13-14-12(15-16-13)10-5-3-2-4-6-10/h2-7H,8H2,1H3,(H,14,15,16). The molecule has 0 saturated heterocycles. The Kier molecular flexibility index (Phi) is 3.33. The van der Waals surface area contributed by atoms with Crippen molar-refractivity contribution in [2.45, 2.75) is 17.8 Å². The van der Waals surface area contributed by atoms with E-state index in [-0.39, 0.29) is 0 Å². The van der Waals surface area contributed by atoms with Gasteiger partial charge in [0, 0.05) is 17.4 Å². The summed E-state index contributed by atoms with van der Waals surface area (Å²) in [6.45, 7) is 1.88. The molecule has 1 aromatic carbocycles. The van der Waals surface area contributed by atoms with Crippen molar-refractivity contribution in [3.63, 3.8) is 0 Å². The molecule has 0 unspecified atom stereocenters. The second kappa shape index (κ2) is 5.27. The number of hydrogen-bond acceptors (Lipinski definition) is 5. The highest BCUT2D eigenvalue weighted by atomic mass is 32.2. The van der Waals surface area contributed by atoms with E-state index < -0.39 is 0 Å². The van der Waals surface area contributed by atoms with Crippen LogP contribution >= 0.6 is 11.8 Å². The maximum Gasteiger partial charge on any atom is 0.209 e. The summed E-state index contributed by atoms with van der Waals surface area (Å²) >= 11 is 1.53. The molecule has 0 aliphatic rings. The second-order valence-corrected chi connectivity index (χ2v) is 4.99. The van der Waals surface area contributed by atoms with Gasteiger partial charge >= 0.3 is 0 Å². The molecule has 6 heteroatoms. The van der Waals surface area contributed by atoms with Crippen molar-refractivity contribution in [3.8, 4) is 11.4 Å². The summed E-state index contributed by atoms with van der Waals surface area (Å²) in [5.41, 5.74) is 1.92. The average molecular weight is 272 g/mol. The number of aromatic amines is 1. The van der Waals surface area contributed by atoms with Gasteiger partial charge in [0.15, 0.2) is 5.82 Å². The van der Waals surface area contributed by atoms with E-state index in [1.807, 2.05) is 43.3 Å². The monoisotopic (exact) mass is 272 g/mol. The molecule has 3 aromatic rings. The molecule has 0 fully saturated rings. The number of benzene rings is 1. The Morgan fingerprint density at radius 1 is 1.26 bits per heavy atom. The molecule has 0 radical (unpaired) electrons. The fourth-order valence-corrected chi connectivity index (χ4v) is 2.34. The lowest BCUT2D eigenvalue weighted by Gasteiger charge is -1.93. The van der Waals surface area contributed by atoms with Crippen LogP contribution < -0.4 is 0 Å². The Morgan fingerprint density at radius 2 is 2.11 bits per heavy atom. The Bertz CT molecular complexity index is 662. The first-order valence-electron chi connectivity index (χ1n) is 5.84. The third-order valence-corrected chi connectivity index (χ3v) is 3.42. The van der Waals surface area contributed by atoms with E-state index in [2.05, 4.69) is 20.3 Å². The Balaban J connectivity index is 1.68. The van der Waals surface area contributed by atoms with E-state index >= 15 is 0 Å². The first-order valence-corrected chi connectivity index (χ1v) is 6.82. The second-order valence-electron chi connectivity index (χ2n) is 4.05. The van der Waals surface area contributed by atoms with Crippen molar-refractivity contribution >= 4 is 11.8 Å². The van der Waals surface area contributed by atoms with Crippen molar-refractivity contribution in [1.82, 2.24) is 20.3 Å². The van der Waals surface area contributed by atoms with Gasteiger partial charge in [-0.1, -0.05) is 47.3 Å². The molecular formula is C13H12N4OS. The molecule has 0 spiro atoms. The van der Waals surface area contributed by atoms with Crippen molar-refractivity contribution in [2.75, 3.05) is 0 Å². The number of H-pyrrole nitrogens is 1. The highest BCUT2D eigenvalue weighted by Gasteiger charge is 2.07. The maximum absolute atomic E-state index is 5.02. The van der Waals surface area contributed by atoms with Crippen LogP contribution in [0.3, 0.4) is 0 Å². The summed E-state index contributed by atoms with van der Waals surface area (Å²) in [5, 5.41) is 11.8. The normalized spacial score (nSPS) is 10.8. The molecular weight excluding hydrogens is 260 g/mol. The SMILES string of the molecule is Cc1cc(CSc2n[nH]c(-c3ccccc3)n2)no1. The van der Waals surface area contributed by atoms with Crippen LogP contribution in [0.1, 0.15) is 11.5 Å². The third kappa shape index (κ3) is 2.85. The molecule has 2 aromatic heterocycles. The molecule has 0 atom stereocenters. The van der Waals surface area contributed by atoms with Gasteiger partial charge in [0.2, 0.25) is 5.16 Å². The summed E-state index contributed by atoms with van der Waals surface area (Å²) in [6, 6.07) is 11.8. The molecule has 0 bridgehead atoms. The van der Waals surface area contributed by atoms with Gasteiger partial charge in [-0.25, -0.2) is 4.98 Å². The largest absolute Gasteiger partial charge is 0.361 e. The van der Waals surface area contributed by atoms with Gasteiger partial charge in [-0.05, 0) is 6.92 Å². The lowest BCUT2D eigenvalue weighted by Crippen LogP contribution is -1.81. The summed E-state index contributed by atoms with van der Waals surface area (Å²) in [4.78, 5) is 4.44. The van der Waals surface area contributed by atoms with Gasteiger partial charge in [0.05, 0.1) is 5.69 Å². The van der Waals surface area contributed by atoms with Crippen LogP contribution in [0.5, 0.6) is 0 Å². The zero-order valence-electron chi connectivity index (χ0n) is 10.3. The minimum Gasteiger partial charge on any atom is -0.361 e. The number of nitrogens with one attached hydrogen (secondary N) is 1. The zero-order valence-corrected chi connectivity index (χ0v) is 11.1. The minimum atomic E-state index is 0.698. The van der Waals surface area contributed by atoms with Crippen molar-refractivity contribution in [3.05, 3.63) is 47.9 Å². The first kappa shape index (κ1) is 12.0. The molecule has 5 nitrogen and oxygen atoms in total. The number of hydrogen-bond donors (Lipinski definition) is 1. The fraction of sp³-hybridized carbons (Fsp3) is 0.154. The van der Waals surface area contributed by atoms with Crippen LogP contribution in [0.2, 0.25) is 0 Å². The van der Waals surface area contributed by atoms with Gasteiger partial charge < -0.3 is 4.52 Å². The minimum absolute atomic E-state index is 0.698. The molecule has 1 N–H and O–H groups in total. The van der Waals surface area contributed by atoms with Gasteiger partial charge in [0.25, 0.3) is 0 Å². The maximum atomic E-state index is 5.02. The fourth-order valence-electron chi connectivity index (χ4n) is 1.66. The van der Waals surface area contributed by atoms with Gasteiger partial charge in [-0.15, -0.1) is 5.10 Å². The van der Waals surface area contributed by atoms with Gasteiger partial charge in [-0.3, -0.25) is 5.10 Å². The highest BCUT2D eigenvalue weighted by molar-refractivity contribution is 7.98.